The summed E-state index contributed by atoms with van der Waals surface area (Å²) in [6.45, 7) is 6.79. The lowest BCUT2D eigenvalue weighted by Gasteiger charge is -2.14. The second kappa shape index (κ2) is 5.96. The van der Waals surface area contributed by atoms with Crippen LogP contribution in [0.25, 0.3) is 0 Å². The second-order valence-electron chi connectivity index (χ2n) is 2.55. The first-order valence-electron chi connectivity index (χ1n) is 4.07. The first-order valence-corrected chi connectivity index (χ1v) is 5.80. The summed E-state index contributed by atoms with van der Waals surface area (Å²) in [5.41, 5.74) is 0.240. The third kappa shape index (κ3) is 4.56. The molecule has 0 N–H and O–H groups in total. The first-order chi connectivity index (χ1) is 6.45. The molecule has 5 nitrogen and oxygen atoms in total. The van der Waals surface area contributed by atoms with Crippen molar-refractivity contribution in [2.45, 2.75) is 13.8 Å². The average Bonchev–Trinajstić information content (AvgIpc) is 2.14. The molecule has 0 fully saturated rings. The van der Waals surface area contributed by atoms with Gasteiger partial charge < -0.3 is 13.8 Å². The lowest BCUT2D eigenvalue weighted by molar-refractivity contribution is -0.137. The molecule has 1 unspecified atom stereocenters. The van der Waals surface area contributed by atoms with Gasteiger partial charge in [-0.3, -0.25) is 4.57 Å². The molecular weight excluding hydrogens is 207 g/mol. The fourth-order valence-corrected chi connectivity index (χ4v) is 1.55. The highest BCUT2D eigenvalue weighted by Gasteiger charge is 2.24. The Morgan fingerprint density at radius 3 is 2.43 bits per heavy atom. The van der Waals surface area contributed by atoms with E-state index in [2.05, 4.69) is 15.8 Å². The predicted molar refractivity (Wildman–Crippen MR) is 52.0 cm³/mol. The SMILES string of the molecule is C=C(C)C(=O)OCP(=O)(OC)OCC. The summed E-state index contributed by atoms with van der Waals surface area (Å²) >= 11 is 0. The van der Waals surface area contributed by atoms with Crippen molar-refractivity contribution in [3.8, 4) is 0 Å². The molecule has 0 aliphatic carbocycles. The van der Waals surface area contributed by atoms with E-state index < -0.39 is 13.6 Å². The Morgan fingerprint density at radius 1 is 1.50 bits per heavy atom. The van der Waals surface area contributed by atoms with Gasteiger partial charge in [0.15, 0.2) is 6.35 Å². The van der Waals surface area contributed by atoms with E-state index in [1.807, 2.05) is 0 Å². The topological polar surface area (TPSA) is 61.8 Å². The molecular formula is C8H15O5P. The minimum Gasteiger partial charge on any atom is -0.449 e. The number of carbonyl (C=O) groups excluding carboxylic acids is 1. The highest BCUT2D eigenvalue weighted by Crippen LogP contribution is 2.46. The Balaban J connectivity index is 4.14. The molecule has 0 aromatic carbocycles. The van der Waals surface area contributed by atoms with Crippen LogP contribution >= 0.6 is 7.60 Å². The van der Waals surface area contributed by atoms with Gasteiger partial charge in [0.1, 0.15) is 0 Å². The van der Waals surface area contributed by atoms with Crippen LogP contribution in [0.3, 0.4) is 0 Å². The van der Waals surface area contributed by atoms with E-state index in [0.717, 1.165) is 0 Å². The molecule has 0 spiro atoms. The maximum Gasteiger partial charge on any atom is 0.367 e. The summed E-state index contributed by atoms with van der Waals surface area (Å²) in [6, 6.07) is 0. The van der Waals surface area contributed by atoms with E-state index in [0.29, 0.717) is 0 Å². The van der Waals surface area contributed by atoms with Gasteiger partial charge in [-0.2, -0.15) is 0 Å². The summed E-state index contributed by atoms with van der Waals surface area (Å²) in [7, 11) is -2.04. The molecule has 0 aliphatic heterocycles. The highest BCUT2D eigenvalue weighted by atomic mass is 31.2. The van der Waals surface area contributed by atoms with Gasteiger partial charge in [0.05, 0.1) is 6.61 Å². The van der Waals surface area contributed by atoms with Gasteiger partial charge in [-0.1, -0.05) is 6.58 Å². The third-order valence-corrected chi connectivity index (χ3v) is 2.96. The maximum absolute atomic E-state index is 11.6. The van der Waals surface area contributed by atoms with Crippen LogP contribution in [0.5, 0.6) is 0 Å². The zero-order valence-corrected chi connectivity index (χ0v) is 9.50. The predicted octanol–water partition coefficient (Wildman–Crippen LogP) is 1.94. The van der Waals surface area contributed by atoms with E-state index in [4.69, 9.17) is 4.52 Å². The summed E-state index contributed by atoms with van der Waals surface area (Å²) in [5.74, 6) is -0.609. The molecule has 0 aromatic heterocycles. The van der Waals surface area contributed by atoms with E-state index in [-0.39, 0.29) is 18.5 Å². The van der Waals surface area contributed by atoms with Crippen LogP contribution in [0, 0.1) is 0 Å². The quantitative estimate of drug-likeness (QED) is 0.390. The van der Waals surface area contributed by atoms with Crippen molar-refractivity contribution in [3.05, 3.63) is 12.2 Å². The van der Waals surface area contributed by atoms with Crippen molar-refractivity contribution in [1.82, 2.24) is 0 Å². The highest BCUT2D eigenvalue weighted by molar-refractivity contribution is 7.53. The fraction of sp³-hybridized carbons (Fsp3) is 0.625. The summed E-state index contributed by atoms with van der Waals surface area (Å²) in [4.78, 5) is 11.0. The average molecular weight is 222 g/mol. The van der Waals surface area contributed by atoms with Crippen LogP contribution in [0.1, 0.15) is 13.8 Å². The van der Waals surface area contributed by atoms with Gasteiger partial charge in [-0.25, -0.2) is 4.79 Å². The molecule has 0 heterocycles. The Bertz CT molecular complexity index is 260. The zero-order valence-electron chi connectivity index (χ0n) is 8.61. The largest absolute Gasteiger partial charge is 0.449 e. The van der Waals surface area contributed by atoms with E-state index in [1.54, 1.807) is 6.92 Å². The standard InChI is InChI=1S/C8H15O5P/c1-5-13-14(10,11-4)6-12-8(9)7(2)3/h2,5-6H2,1,3-4H3. The van der Waals surface area contributed by atoms with E-state index in [9.17, 15) is 9.36 Å². The number of rotatable bonds is 6. The van der Waals surface area contributed by atoms with Crippen LogP contribution in [0.2, 0.25) is 0 Å². The van der Waals surface area contributed by atoms with Crippen LogP contribution < -0.4 is 0 Å². The molecule has 0 rings (SSSR count). The molecule has 6 heteroatoms. The molecule has 0 amide bonds. The molecule has 14 heavy (non-hydrogen) atoms. The Labute approximate surface area is 83.6 Å². The zero-order chi connectivity index (χ0) is 11.2. The molecule has 0 aliphatic rings. The third-order valence-electron chi connectivity index (χ3n) is 1.31. The van der Waals surface area contributed by atoms with E-state index >= 15 is 0 Å². The number of hydrogen-bond acceptors (Lipinski definition) is 5. The van der Waals surface area contributed by atoms with Crippen LogP contribution in [-0.2, 0) is 23.1 Å². The molecule has 0 aromatic rings. The summed E-state index contributed by atoms with van der Waals surface area (Å²) < 4.78 is 25.7. The van der Waals surface area contributed by atoms with E-state index in [1.165, 1.54) is 14.0 Å². The Hall–Kier alpha value is -0.640. The van der Waals surface area contributed by atoms with Gasteiger partial charge in [0, 0.05) is 12.7 Å². The number of esters is 1. The van der Waals surface area contributed by atoms with Gasteiger partial charge in [-0.05, 0) is 13.8 Å². The first kappa shape index (κ1) is 13.4. The number of ether oxygens (including phenoxy) is 1. The Morgan fingerprint density at radius 2 is 2.07 bits per heavy atom. The van der Waals surface area contributed by atoms with Crippen molar-refractivity contribution in [1.29, 1.82) is 0 Å². The minimum absolute atomic E-state index is 0.232. The van der Waals surface area contributed by atoms with Crippen molar-refractivity contribution < 1.29 is 23.1 Å². The lowest BCUT2D eigenvalue weighted by Crippen LogP contribution is -2.08. The maximum atomic E-state index is 11.6. The fourth-order valence-electron chi connectivity index (χ4n) is 0.600. The van der Waals surface area contributed by atoms with Gasteiger partial charge in [0.25, 0.3) is 0 Å². The molecule has 0 saturated heterocycles. The second-order valence-corrected chi connectivity index (χ2v) is 4.66. The molecule has 82 valence electrons. The Kier molecular flexibility index (Phi) is 5.69. The van der Waals surface area contributed by atoms with Crippen molar-refractivity contribution in [3.63, 3.8) is 0 Å². The number of carbonyl (C=O) groups is 1. The van der Waals surface area contributed by atoms with Gasteiger partial charge >= 0.3 is 13.6 Å². The number of hydrogen-bond donors (Lipinski definition) is 0. The monoisotopic (exact) mass is 222 g/mol. The van der Waals surface area contributed by atoms with Crippen LogP contribution in [0.4, 0.5) is 0 Å². The smallest absolute Gasteiger partial charge is 0.367 e. The lowest BCUT2D eigenvalue weighted by atomic mass is 10.4. The summed E-state index contributed by atoms with van der Waals surface area (Å²) in [6.07, 6.45) is -0.386. The minimum atomic E-state index is -3.28. The van der Waals surface area contributed by atoms with Gasteiger partial charge in [-0.15, -0.1) is 0 Å². The molecule has 0 radical (unpaired) electrons. The van der Waals surface area contributed by atoms with Crippen LogP contribution in [-0.4, -0.2) is 26.0 Å². The molecule has 0 saturated carbocycles. The molecule has 0 bridgehead atoms. The normalized spacial score (nSPS) is 14.5. The van der Waals surface area contributed by atoms with Crippen molar-refractivity contribution in [2.75, 3.05) is 20.1 Å². The van der Waals surface area contributed by atoms with Crippen molar-refractivity contribution in [2.24, 2.45) is 0 Å². The van der Waals surface area contributed by atoms with Gasteiger partial charge in [0.2, 0.25) is 0 Å². The van der Waals surface area contributed by atoms with Crippen LogP contribution in [0.15, 0.2) is 12.2 Å². The molecule has 1 atom stereocenters. The summed E-state index contributed by atoms with van der Waals surface area (Å²) in [5, 5.41) is 0. The van der Waals surface area contributed by atoms with Crippen molar-refractivity contribution >= 4 is 13.6 Å².